The maximum absolute atomic E-state index is 14.2. The van der Waals surface area contributed by atoms with Gasteiger partial charge in [0.05, 0.1) is 18.3 Å². The second kappa shape index (κ2) is 8.00. The quantitative estimate of drug-likeness (QED) is 0.656. The number of ether oxygens (including phenoxy) is 1. The highest BCUT2D eigenvalue weighted by Crippen LogP contribution is 2.42. The van der Waals surface area contributed by atoms with Crippen LogP contribution in [0.1, 0.15) is 17.5 Å². The molecule has 0 aromatic heterocycles. The summed E-state index contributed by atoms with van der Waals surface area (Å²) >= 11 is 0. The molecule has 2 aromatic carbocycles. The number of amides is 3. The number of nitrogens with one attached hydrogen (secondary N) is 1. The Morgan fingerprint density at radius 2 is 1.85 bits per heavy atom. The Hall–Kier alpha value is -3.63. The lowest BCUT2D eigenvalue weighted by molar-refractivity contribution is -0.274. The van der Waals surface area contributed by atoms with E-state index in [2.05, 4.69) is 10.1 Å². The molecule has 1 fully saturated rings. The molecule has 1 N–H and O–H groups in total. The average molecular weight is 479 g/mol. The largest absolute Gasteiger partial charge is 0.573 e. The number of rotatable bonds is 4. The first-order valence-corrected chi connectivity index (χ1v) is 10.5. The fourth-order valence-electron chi connectivity index (χ4n) is 4.77. The van der Waals surface area contributed by atoms with Gasteiger partial charge in [0.25, 0.3) is 0 Å². The Kier molecular flexibility index (Phi) is 5.22. The molecule has 2 aliphatic heterocycles. The van der Waals surface area contributed by atoms with Crippen LogP contribution in [0, 0.1) is 17.6 Å². The molecule has 3 aliphatic rings. The number of halogens is 5. The Balaban J connectivity index is 1.28. The van der Waals surface area contributed by atoms with Gasteiger partial charge in [0.15, 0.2) is 11.6 Å². The van der Waals surface area contributed by atoms with E-state index < -0.39 is 24.0 Å². The number of fused-ring (bicyclic) bond motifs is 3. The van der Waals surface area contributed by atoms with Gasteiger partial charge in [0.1, 0.15) is 12.3 Å². The second-order valence-electron chi connectivity index (χ2n) is 8.43. The number of likely N-dealkylation sites (tertiary alicyclic amines) is 1. The molecule has 11 heteroatoms. The van der Waals surface area contributed by atoms with Crippen LogP contribution in [0.5, 0.6) is 5.75 Å². The van der Waals surface area contributed by atoms with Gasteiger partial charge in [-0.1, -0.05) is 18.2 Å². The minimum Gasteiger partial charge on any atom is -0.406 e. The fourth-order valence-corrected chi connectivity index (χ4v) is 4.77. The molecule has 0 radical (unpaired) electrons. The Labute approximate surface area is 190 Å². The number of urea groups is 1. The molecule has 6 nitrogen and oxygen atoms in total. The monoisotopic (exact) mass is 479 g/mol. The van der Waals surface area contributed by atoms with E-state index in [-0.39, 0.29) is 48.0 Å². The molecule has 0 spiro atoms. The lowest BCUT2D eigenvalue weighted by Gasteiger charge is -2.33. The van der Waals surface area contributed by atoms with Gasteiger partial charge in [-0.3, -0.25) is 4.79 Å². The Morgan fingerprint density at radius 3 is 2.53 bits per heavy atom. The van der Waals surface area contributed by atoms with Gasteiger partial charge in [0, 0.05) is 12.1 Å². The number of benzene rings is 2. The molecule has 0 saturated carbocycles. The first kappa shape index (κ1) is 22.2. The minimum absolute atomic E-state index is 0.0305. The zero-order valence-electron chi connectivity index (χ0n) is 17.5. The van der Waals surface area contributed by atoms with E-state index in [1.807, 2.05) is 6.08 Å². The van der Waals surface area contributed by atoms with Crippen molar-refractivity contribution in [2.24, 2.45) is 5.92 Å². The van der Waals surface area contributed by atoms with Crippen molar-refractivity contribution in [2.75, 3.05) is 18.4 Å². The highest BCUT2D eigenvalue weighted by Gasteiger charge is 2.42. The average Bonchev–Trinajstić information content (AvgIpc) is 3.38. The minimum atomic E-state index is -4.79. The standard InChI is InChI=1S/C23H18F5N3O3/c24-17-5-6-18-16(21(17)25)10-30(22(33)29-18)11-20(32)31-9-12-7-15(19(31)8-12)13-1-3-14(4-2-13)34-23(26,27)28/h1-7,12,19H,8-11H2,(H,29,33)/t12-,19-/m0/s1. The van der Waals surface area contributed by atoms with Gasteiger partial charge >= 0.3 is 12.4 Å². The lowest BCUT2D eigenvalue weighted by atomic mass is 10.00. The van der Waals surface area contributed by atoms with Crippen molar-refractivity contribution >= 4 is 23.2 Å². The molecular formula is C23H18F5N3O3. The zero-order valence-corrected chi connectivity index (χ0v) is 17.5. The highest BCUT2D eigenvalue weighted by atomic mass is 19.4. The molecule has 1 saturated heterocycles. The van der Waals surface area contributed by atoms with Crippen molar-refractivity contribution in [3.05, 3.63) is 65.2 Å². The van der Waals surface area contributed by atoms with Crippen LogP contribution in [0.3, 0.4) is 0 Å². The normalized spacial score (nSPS) is 21.3. The third-order valence-corrected chi connectivity index (χ3v) is 6.25. The maximum atomic E-state index is 14.2. The molecule has 178 valence electrons. The number of carbonyl (C=O) groups excluding carboxylic acids is 2. The van der Waals surface area contributed by atoms with Crippen molar-refractivity contribution in [3.63, 3.8) is 0 Å². The molecule has 1 aliphatic carbocycles. The van der Waals surface area contributed by atoms with Crippen LogP contribution in [0.15, 0.2) is 42.5 Å². The summed E-state index contributed by atoms with van der Waals surface area (Å²) in [6.07, 6.45) is -2.13. The Bertz CT molecular complexity index is 1200. The van der Waals surface area contributed by atoms with Crippen LogP contribution in [-0.4, -0.2) is 47.2 Å². The van der Waals surface area contributed by atoms with Crippen molar-refractivity contribution in [1.82, 2.24) is 9.80 Å². The van der Waals surface area contributed by atoms with Crippen LogP contribution in [0.25, 0.3) is 5.57 Å². The van der Waals surface area contributed by atoms with Crippen LogP contribution < -0.4 is 10.1 Å². The van der Waals surface area contributed by atoms with Crippen molar-refractivity contribution in [3.8, 4) is 5.75 Å². The van der Waals surface area contributed by atoms with E-state index in [9.17, 15) is 31.5 Å². The molecule has 3 amide bonds. The summed E-state index contributed by atoms with van der Waals surface area (Å²) in [5.74, 6) is -2.73. The maximum Gasteiger partial charge on any atom is 0.573 e. The van der Waals surface area contributed by atoms with Crippen LogP contribution in [0.2, 0.25) is 0 Å². The number of nitrogens with zero attached hydrogens (tertiary/aromatic N) is 2. The van der Waals surface area contributed by atoms with E-state index in [4.69, 9.17) is 0 Å². The van der Waals surface area contributed by atoms with Gasteiger partial charge in [-0.25, -0.2) is 13.6 Å². The number of hydrogen-bond acceptors (Lipinski definition) is 3. The van der Waals surface area contributed by atoms with E-state index in [0.29, 0.717) is 18.5 Å². The summed E-state index contributed by atoms with van der Waals surface area (Å²) in [6, 6.07) is 6.74. The number of anilines is 1. The Morgan fingerprint density at radius 1 is 1.12 bits per heavy atom. The first-order chi connectivity index (χ1) is 16.1. The van der Waals surface area contributed by atoms with E-state index in [0.717, 1.165) is 16.5 Å². The lowest BCUT2D eigenvalue weighted by Crippen LogP contribution is -2.48. The summed E-state index contributed by atoms with van der Waals surface area (Å²) in [6.45, 7) is -0.130. The predicted octanol–water partition coefficient (Wildman–Crippen LogP) is 4.53. The number of hydrogen-bond donors (Lipinski definition) is 1. The van der Waals surface area contributed by atoms with Crippen molar-refractivity contribution in [1.29, 1.82) is 0 Å². The molecule has 34 heavy (non-hydrogen) atoms. The number of carbonyl (C=O) groups is 2. The summed E-state index contributed by atoms with van der Waals surface area (Å²) in [5.41, 5.74) is 1.61. The SMILES string of the molecule is O=C1Nc2ccc(F)c(F)c2CN1CC(=O)N1C[C@H]2C=C(c3ccc(OC(F)(F)F)cc3)[C@@H]1C2. The summed E-state index contributed by atoms with van der Waals surface area (Å²) in [4.78, 5) is 28.2. The summed E-state index contributed by atoms with van der Waals surface area (Å²) in [5, 5.41) is 2.47. The third kappa shape index (κ3) is 4.06. The zero-order chi connectivity index (χ0) is 24.2. The van der Waals surface area contributed by atoms with Crippen LogP contribution in [-0.2, 0) is 11.3 Å². The molecule has 5 rings (SSSR count). The van der Waals surface area contributed by atoms with E-state index in [1.54, 1.807) is 4.90 Å². The molecule has 2 bridgehead atoms. The van der Waals surface area contributed by atoms with E-state index in [1.165, 1.54) is 30.3 Å². The predicted molar refractivity (Wildman–Crippen MR) is 110 cm³/mol. The van der Waals surface area contributed by atoms with Gasteiger partial charge in [0.2, 0.25) is 5.91 Å². The molecule has 0 unspecified atom stereocenters. The van der Waals surface area contributed by atoms with Crippen LogP contribution >= 0.6 is 0 Å². The van der Waals surface area contributed by atoms with Crippen LogP contribution in [0.4, 0.5) is 32.4 Å². The van der Waals surface area contributed by atoms with Gasteiger partial charge in [-0.2, -0.15) is 0 Å². The second-order valence-corrected chi connectivity index (χ2v) is 8.43. The van der Waals surface area contributed by atoms with Gasteiger partial charge in [-0.15, -0.1) is 13.2 Å². The van der Waals surface area contributed by atoms with E-state index >= 15 is 0 Å². The summed E-state index contributed by atoms with van der Waals surface area (Å²) < 4.78 is 68.9. The number of alkyl halides is 3. The van der Waals surface area contributed by atoms with Gasteiger partial charge < -0.3 is 19.9 Å². The topological polar surface area (TPSA) is 61.9 Å². The molecule has 2 heterocycles. The van der Waals surface area contributed by atoms with Crippen molar-refractivity contribution < 1.29 is 36.3 Å². The van der Waals surface area contributed by atoms with Crippen molar-refractivity contribution in [2.45, 2.75) is 25.4 Å². The molecular weight excluding hydrogens is 461 g/mol. The molecule has 2 aromatic rings. The van der Waals surface area contributed by atoms with Gasteiger partial charge in [-0.05, 0) is 47.7 Å². The smallest absolute Gasteiger partial charge is 0.406 e. The highest BCUT2D eigenvalue weighted by molar-refractivity contribution is 5.95. The third-order valence-electron chi connectivity index (χ3n) is 6.25. The fraction of sp³-hybridized carbons (Fsp3) is 0.304. The first-order valence-electron chi connectivity index (χ1n) is 10.5. The summed E-state index contributed by atoms with van der Waals surface area (Å²) in [7, 11) is 0. The molecule has 2 atom stereocenters.